The summed E-state index contributed by atoms with van der Waals surface area (Å²) >= 11 is 0. The zero-order chi connectivity index (χ0) is 18.2. The van der Waals surface area contributed by atoms with Gasteiger partial charge in [-0.15, -0.1) is 0 Å². The fourth-order valence-electron chi connectivity index (χ4n) is 2.51. The Hall–Kier alpha value is -2.82. The van der Waals surface area contributed by atoms with Gasteiger partial charge in [-0.3, -0.25) is 9.59 Å². The highest BCUT2D eigenvalue weighted by Crippen LogP contribution is 2.19. The lowest BCUT2D eigenvalue weighted by molar-refractivity contribution is -0.141. The van der Waals surface area contributed by atoms with Gasteiger partial charge in [-0.05, 0) is 30.2 Å². The maximum absolute atomic E-state index is 12.4. The van der Waals surface area contributed by atoms with Crippen molar-refractivity contribution in [1.29, 1.82) is 0 Å². The van der Waals surface area contributed by atoms with Crippen molar-refractivity contribution in [3.05, 3.63) is 65.2 Å². The Morgan fingerprint density at radius 1 is 1.08 bits per heavy atom. The van der Waals surface area contributed by atoms with E-state index in [9.17, 15) is 9.59 Å². The first-order chi connectivity index (χ1) is 12.0. The molecule has 5 heteroatoms. The summed E-state index contributed by atoms with van der Waals surface area (Å²) in [6.07, 6.45) is 0.296. The molecule has 1 unspecified atom stereocenters. The summed E-state index contributed by atoms with van der Waals surface area (Å²) in [6, 6.07) is 14.7. The summed E-state index contributed by atoms with van der Waals surface area (Å²) in [5, 5.41) is 2.92. The highest BCUT2D eigenvalue weighted by molar-refractivity contribution is 5.80. The summed E-state index contributed by atoms with van der Waals surface area (Å²) in [5.41, 5.74) is 2.83. The van der Waals surface area contributed by atoms with Gasteiger partial charge in [0, 0.05) is 0 Å². The molecule has 0 aliphatic heterocycles. The van der Waals surface area contributed by atoms with Crippen molar-refractivity contribution in [1.82, 2.24) is 5.32 Å². The molecule has 2 rings (SSSR count). The number of ether oxygens (including phenoxy) is 2. The highest BCUT2D eigenvalue weighted by Gasteiger charge is 2.19. The van der Waals surface area contributed by atoms with Gasteiger partial charge in [-0.1, -0.05) is 42.0 Å². The number of hydrogen-bond acceptors (Lipinski definition) is 4. The molecular formula is C20H23NO4. The molecule has 0 fully saturated rings. The quantitative estimate of drug-likeness (QED) is 0.787. The van der Waals surface area contributed by atoms with Gasteiger partial charge in [0.1, 0.15) is 5.75 Å². The van der Waals surface area contributed by atoms with Gasteiger partial charge in [0.2, 0.25) is 5.91 Å². The van der Waals surface area contributed by atoms with Crippen molar-refractivity contribution in [2.75, 3.05) is 14.2 Å². The molecule has 2 aromatic rings. The lowest BCUT2D eigenvalue weighted by Crippen LogP contribution is -2.31. The maximum atomic E-state index is 12.4. The first-order valence-electron chi connectivity index (χ1n) is 8.07. The third kappa shape index (κ3) is 5.64. The van der Waals surface area contributed by atoms with E-state index in [0.717, 1.165) is 16.7 Å². The van der Waals surface area contributed by atoms with E-state index in [2.05, 4.69) is 5.32 Å². The molecule has 2 aromatic carbocycles. The Bertz CT molecular complexity index is 725. The number of carbonyl (C=O) groups excluding carboxylic acids is 2. The van der Waals surface area contributed by atoms with E-state index in [0.29, 0.717) is 5.75 Å². The number of benzene rings is 2. The Kier molecular flexibility index (Phi) is 6.57. The smallest absolute Gasteiger partial charge is 0.307 e. The lowest BCUT2D eigenvalue weighted by Gasteiger charge is -2.18. The normalized spacial score (nSPS) is 11.5. The fourth-order valence-corrected chi connectivity index (χ4v) is 2.51. The van der Waals surface area contributed by atoms with Crippen LogP contribution in [-0.4, -0.2) is 26.1 Å². The van der Waals surface area contributed by atoms with Crippen molar-refractivity contribution >= 4 is 11.9 Å². The van der Waals surface area contributed by atoms with E-state index >= 15 is 0 Å². The highest BCUT2D eigenvalue weighted by atomic mass is 16.5. The van der Waals surface area contributed by atoms with Gasteiger partial charge >= 0.3 is 5.97 Å². The Morgan fingerprint density at radius 3 is 2.44 bits per heavy atom. The molecule has 25 heavy (non-hydrogen) atoms. The molecule has 1 atom stereocenters. The van der Waals surface area contributed by atoms with Crippen LogP contribution in [-0.2, 0) is 20.7 Å². The number of aryl methyl sites for hydroxylation is 1. The fraction of sp³-hybridized carbons (Fsp3) is 0.300. The molecule has 1 amide bonds. The Balaban J connectivity index is 2.10. The molecule has 0 aromatic heterocycles. The van der Waals surface area contributed by atoms with Crippen LogP contribution in [0.2, 0.25) is 0 Å². The molecule has 0 heterocycles. The number of rotatable bonds is 7. The van der Waals surface area contributed by atoms with E-state index in [4.69, 9.17) is 9.47 Å². The average Bonchev–Trinajstić information content (AvgIpc) is 2.61. The molecule has 132 valence electrons. The summed E-state index contributed by atoms with van der Waals surface area (Å²) in [7, 11) is 2.93. The number of esters is 1. The first-order valence-corrected chi connectivity index (χ1v) is 8.07. The van der Waals surface area contributed by atoms with E-state index in [1.54, 1.807) is 7.11 Å². The molecule has 0 aliphatic carbocycles. The molecule has 0 radical (unpaired) electrons. The molecular weight excluding hydrogens is 318 g/mol. The summed E-state index contributed by atoms with van der Waals surface area (Å²) < 4.78 is 9.92. The second-order valence-corrected chi connectivity index (χ2v) is 5.84. The van der Waals surface area contributed by atoms with Gasteiger partial charge in [-0.25, -0.2) is 0 Å². The van der Waals surface area contributed by atoms with E-state index < -0.39 is 6.04 Å². The van der Waals surface area contributed by atoms with Crippen LogP contribution in [0.1, 0.15) is 29.2 Å². The molecule has 1 N–H and O–H groups in total. The zero-order valence-electron chi connectivity index (χ0n) is 14.7. The number of hydrogen-bond donors (Lipinski definition) is 1. The molecule has 0 spiro atoms. The van der Waals surface area contributed by atoms with E-state index in [1.165, 1.54) is 7.11 Å². The van der Waals surface area contributed by atoms with Crippen molar-refractivity contribution in [3.63, 3.8) is 0 Å². The van der Waals surface area contributed by atoms with Gasteiger partial charge in [0.25, 0.3) is 0 Å². The third-order valence-electron chi connectivity index (χ3n) is 3.91. The first kappa shape index (κ1) is 18.5. The van der Waals surface area contributed by atoms with Crippen LogP contribution >= 0.6 is 0 Å². The topological polar surface area (TPSA) is 64.6 Å². The predicted octanol–water partition coefficient (Wildman–Crippen LogP) is 2.97. The zero-order valence-corrected chi connectivity index (χ0v) is 14.7. The maximum Gasteiger partial charge on any atom is 0.307 e. The number of carbonyl (C=O) groups is 2. The predicted molar refractivity (Wildman–Crippen MR) is 95.4 cm³/mol. The van der Waals surface area contributed by atoms with Crippen LogP contribution < -0.4 is 10.1 Å². The summed E-state index contributed by atoms with van der Waals surface area (Å²) in [5.74, 6) is 0.171. The van der Waals surface area contributed by atoms with E-state index in [1.807, 2.05) is 55.5 Å². The number of amides is 1. The minimum Gasteiger partial charge on any atom is -0.497 e. The summed E-state index contributed by atoms with van der Waals surface area (Å²) in [6.45, 7) is 1.99. The molecule has 0 aliphatic rings. The summed E-state index contributed by atoms with van der Waals surface area (Å²) in [4.78, 5) is 24.1. The van der Waals surface area contributed by atoms with Crippen LogP contribution in [0.5, 0.6) is 5.75 Å². The van der Waals surface area contributed by atoms with E-state index in [-0.39, 0.29) is 24.7 Å². The van der Waals surface area contributed by atoms with Gasteiger partial charge in [0.05, 0.1) is 33.1 Å². The van der Waals surface area contributed by atoms with Gasteiger partial charge in [0.15, 0.2) is 0 Å². The molecule has 5 nitrogen and oxygen atoms in total. The average molecular weight is 341 g/mol. The van der Waals surface area contributed by atoms with Gasteiger partial charge in [-0.2, -0.15) is 0 Å². The minimum absolute atomic E-state index is 0.0867. The van der Waals surface area contributed by atoms with Crippen LogP contribution in [0.4, 0.5) is 0 Å². The number of methoxy groups -OCH3 is 2. The Morgan fingerprint density at radius 2 is 1.80 bits per heavy atom. The van der Waals surface area contributed by atoms with Crippen molar-refractivity contribution in [2.24, 2.45) is 0 Å². The number of nitrogens with one attached hydrogen (secondary N) is 1. The van der Waals surface area contributed by atoms with Crippen LogP contribution in [0.25, 0.3) is 0 Å². The molecule has 0 bridgehead atoms. The monoisotopic (exact) mass is 341 g/mol. The van der Waals surface area contributed by atoms with Crippen molar-refractivity contribution in [3.8, 4) is 5.75 Å². The standard InChI is InChI=1S/C20H23NO4/c1-14-7-9-16(10-8-14)18(13-20(23)25-3)21-19(22)12-15-5-4-6-17(11-15)24-2/h4-11,18H,12-13H2,1-3H3,(H,21,22). The minimum atomic E-state index is -0.425. The van der Waals surface area contributed by atoms with Crippen molar-refractivity contribution < 1.29 is 19.1 Å². The lowest BCUT2D eigenvalue weighted by atomic mass is 10.0. The van der Waals surface area contributed by atoms with Crippen LogP contribution in [0.3, 0.4) is 0 Å². The second-order valence-electron chi connectivity index (χ2n) is 5.84. The van der Waals surface area contributed by atoms with Gasteiger partial charge < -0.3 is 14.8 Å². The SMILES string of the molecule is COC(=O)CC(NC(=O)Cc1cccc(OC)c1)c1ccc(C)cc1. The Labute approximate surface area is 148 Å². The van der Waals surface area contributed by atoms with Crippen LogP contribution in [0.15, 0.2) is 48.5 Å². The molecule has 0 saturated carbocycles. The second kappa shape index (κ2) is 8.87. The molecule has 0 saturated heterocycles. The third-order valence-corrected chi connectivity index (χ3v) is 3.91. The van der Waals surface area contributed by atoms with Crippen LogP contribution in [0, 0.1) is 6.92 Å². The van der Waals surface area contributed by atoms with Crippen molar-refractivity contribution in [2.45, 2.75) is 25.8 Å². The largest absolute Gasteiger partial charge is 0.497 e.